The van der Waals surface area contributed by atoms with E-state index in [9.17, 15) is 4.79 Å². The van der Waals surface area contributed by atoms with Crippen LogP contribution in [0.3, 0.4) is 0 Å². The maximum absolute atomic E-state index is 11.7. The van der Waals surface area contributed by atoms with Crippen LogP contribution in [-0.2, 0) is 4.79 Å². The fourth-order valence-electron chi connectivity index (χ4n) is 3.19. The zero-order valence-electron chi connectivity index (χ0n) is 17.2. The van der Waals surface area contributed by atoms with Gasteiger partial charge >= 0.3 is 0 Å². The van der Waals surface area contributed by atoms with Crippen molar-refractivity contribution in [2.75, 3.05) is 6.54 Å². The van der Waals surface area contributed by atoms with E-state index < -0.39 is 6.10 Å². The van der Waals surface area contributed by atoms with Gasteiger partial charge in [0.1, 0.15) is 0 Å². The summed E-state index contributed by atoms with van der Waals surface area (Å²) >= 11 is 0. The summed E-state index contributed by atoms with van der Waals surface area (Å²) < 4.78 is 0. The van der Waals surface area contributed by atoms with Crippen molar-refractivity contribution in [3.8, 4) is 0 Å². The van der Waals surface area contributed by atoms with Crippen molar-refractivity contribution >= 4 is 5.91 Å². The Hall–Kier alpha value is -1.87. The minimum absolute atomic E-state index is 0.185. The maximum atomic E-state index is 11.7. The minimum atomic E-state index is -0.534. The van der Waals surface area contributed by atoms with Crippen molar-refractivity contribution in [2.45, 2.75) is 66.9 Å². The maximum Gasteiger partial charge on any atom is 0.244 e. The number of carbonyl (C=O) groups excluding carboxylic acids is 1. The van der Waals surface area contributed by atoms with Crippen LogP contribution in [0.2, 0.25) is 0 Å². The van der Waals surface area contributed by atoms with Crippen LogP contribution in [0, 0.1) is 5.41 Å². The lowest BCUT2D eigenvalue weighted by Crippen LogP contribution is -2.29. The van der Waals surface area contributed by atoms with Crippen LogP contribution in [0.15, 0.2) is 58.7 Å². The molecule has 0 saturated carbocycles. The van der Waals surface area contributed by atoms with Gasteiger partial charge in [-0.3, -0.25) is 4.79 Å². The molecule has 26 heavy (non-hydrogen) atoms. The second-order valence-electron chi connectivity index (χ2n) is 8.02. The van der Waals surface area contributed by atoms with Gasteiger partial charge in [-0.15, -0.1) is 0 Å². The Morgan fingerprint density at radius 3 is 2.58 bits per heavy atom. The molecule has 0 heterocycles. The van der Waals surface area contributed by atoms with Crippen molar-refractivity contribution in [1.82, 2.24) is 5.32 Å². The molecule has 1 rings (SSSR count). The first-order valence-electron chi connectivity index (χ1n) is 9.49. The third kappa shape index (κ3) is 8.01. The normalized spacial score (nSPS) is 20.1. The number of hydrogen-bond acceptors (Lipinski definition) is 2. The number of nitrogens with one attached hydrogen (secondary N) is 1. The lowest BCUT2D eigenvalue weighted by Gasteiger charge is -2.32. The molecular weight excluding hydrogens is 322 g/mol. The molecule has 3 heteroatoms. The van der Waals surface area contributed by atoms with Gasteiger partial charge in [0.15, 0.2) is 0 Å². The molecule has 1 aliphatic rings. The highest BCUT2D eigenvalue weighted by molar-refractivity contribution is 5.88. The molecule has 1 amide bonds. The predicted molar refractivity (Wildman–Crippen MR) is 111 cm³/mol. The number of allylic oxidation sites excluding steroid dienone is 9. The van der Waals surface area contributed by atoms with Crippen LogP contribution in [0.1, 0.15) is 60.8 Å². The van der Waals surface area contributed by atoms with Gasteiger partial charge in [-0.25, -0.2) is 0 Å². The second kappa shape index (κ2) is 10.3. The molecule has 0 aliphatic heterocycles. The highest BCUT2D eigenvalue weighted by Crippen LogP contribution is 2.40. The Balaban J connectivity index is 2.67. The number of carbonyl (C=O) groups is 1. The summed E-state index contributed by atoms with van der Waals surface area (Å²) in [4.78, 5) is 11.7. The van der Waals surface area contributed by atoms with Gasteiger partial charge in [-0.2, -0.15) is 0 Å². The number of aliphatic hydroxyl groups excluding tert-OH is 1. The molecule has 0 radical (unpaired) electrons. The SMILES string of the molecule is CC1=C(/C=C/C(C)=C/C=C/C(C)=C/C(=O)NCC(C)O)C(C)(C)CCC1. The van der Waals surface area contributed by atoms with Crippen molar-refractivity contribution < 1.29 is 9.90 Å². The summed E-state index contributed by atoms with van der Waals surface area (Å²) in [5.74, 6) is -0.185. The smallest absolute Gasteiger partial charge is 0.244 e. The van der Waals surface area contributed by atoms with E-state index >= 15 is 0 Å². The van der Waals surface area contributed by atoms with Crippen LogP contribution in [-0.4, -0.2) is 23.7 Å². The van der Waals surface area contributed by atoms with E-state index in [0.717, 1.165) is 5.57 Å². The molecule has 0 bridgehead atoms. The van der Waals surface area contributed by atoms with E-state index in [2.05, 4.69) is 45.2 Å². The van der Waals surface area contributed by atoms with Crippen molar-refractivity contribution in [3.63, 3.8) is 0 Å². The number of rotatable bonds is 7. The zero-order valence-corrected chi connectivity index (χ0v) is 17.2. The van der Waals surface area contributed by atoms with Crippen LogP contribution >= 0.6 is 0 Å². The van der Waals surface area contributed by atoms with Gasteiger partial charge in [0.25, 0.3) is 0 Å². The van der Waals surface area contributed by atoms with Crippen molar-refractivity contribution in [2.24, 2.45) is 5.41 Å². The van der Waals surface area contributed by atoms with E-state index in [1.54, 1.807) is 6.92 Å². The summed E-state index contributed by atoms with van der Waals surface area (Å²) in [6.07, 6.45) is 15.1. The first kappa shape index (κ1) is 22.2. The molecular formula is C23H35NO2. The van der Waals surface area contributed by atoms with Crippen molar-refractivity contribution in [1.29, 1.82) is 0 Å². The Morgan fingerprint density at radius 1 is 1.27 bits per heavy atom. The van der Waals surface area contributed by atoms with Gasteiger partial charge in [0.2, 0.25) is 5.91 Å². The Kier molecular flexibility index (Phi) is 8.80. The van der Waals surface area contributed by atoms with E-state index in [-0.39, 0.29) is 17.9 Å². The lowest BCUT2D eigenvalue weighted by atomic mass is 9.72. The molecule has 1 unspecified atom stereocenters. The Bertz CT molecular complexity index is 643. The highest BCUT2D eigenvalue weighted by atomic mass is 16.3. The first-order chi connectivity index (χ1) is 12.1. The summed E-state index contributed by atoms with van der Waals surface area (Å²) in [5, 5.41) is 11.8. The fraction of sp³-hybridized carbons (Fsp3) is 0.522. The molecule has 144 valence electrons. The third-order valence-electron chi connectivity index (χ3n) is 4.70. The Morgan fingerprint density at radius 2 is 1.96 bits per heavy atom. The van der Waals surface area contributed by atoms with Gasteiger partial charge in [0.05, 0.1) is 6.10 Å². The van der Waals surface area contributed by atoms with E-state index in [1.165, 1.54) is 42.1 Å². The van der Waals surface area contributed by atoms with Crippen LogP contribution in [0.25, 0.3) is 0 Å². The molecule has 0 spiro atoms. The molecule has 0 saturated heterocycles. The number of aliphatic hydroxyl groups is 1. The van der Waals surface area contributed by atoms with Crippen molar-refractivity contribution in [3.05, 3.63) is 58.7 Å². The predicted octanol–water partition coefficient (Wildman–Crippen LogP) is 5.02. The monoisotopic (exact) mass is 357 g/mol. The van der Waals surface area contributed by atoms with Gasteiger partial charge < -0.3 is 10.4 Å². The van der Waals surface area contributed by atoms with Crippen LogP contribution < -0.4 is 5.32 Å². The standard InChI is InChI=1S/C23H35NO2/c1-17(12-13-21-19(3)11-8-14-23(21,5)6)9-7-10-18(2)15-22(26)24-16-20(4)25/h7,9-10,12-13,15,20,25H,8,11,14,16H2,1-6H3,(H,24,26)/b10-7+,13-12+,17-9+,18-15+. The molecule has 0 aromatic rings. The Labute approximate surface area is 159 Å². The van der Waals surface area contributed by atoms with Crippen LogP contribution in [0.5, 0.6) is 0 Å². The summed E-state index contributed by atoms with van der Waals surface area (Å²) in [6, 6.07) is 0. The third-order valence-corrected chi connectivity index (χ3v) is 4.70. The number of hydrogen-bond donors (Lipinski definition) is 2. The molecule has 0 aromatic heterocycles. The van der Waals surface area contributed by atoms with Gasteiger partial charge in [-0.1, -0.05) is 55.4 Å². The largest absolute Gasteiger partial charge is 0.392 e. The topological polar surface area (TPSA) is 49.3 Å². The molecule has 2 N–H and O–H groups in total. The molecule has 1 atom stereocenters. The highest BCUT2D eigenvalue weighted by Gasteiger charge is 2.26. The van der Waals surface area contributed by atoms with Crippen LogP contribution in [0.4, 0.5) is 0 Å². The van der Waals surface area contributed by atoms with E-state index in [0.29, 0.717) is 0 Å². The zero-order chi connectivity index (χ0) is 19.7. The molecule has 3 nitrogen and oxygen atoms in total. The average Bonchev–Trinajstić information content (AvgIpc) is 2.51. The molecule has 1 aliphatic carbocycles. The molecule has 0 fully saturated rings. The minimum Gasteiger partial charge on any atom is -0.392 e. The average molecular weight is 358 g/mol. The lowest BCUT2D eigenvalue weighted by molar-refractivity contribution is -0.116. The summed E-state index contributed by atoms with van der Waals surface area (Å²) in [7, 11) is 0. The van der Waals surface area contributed by atoms with E-state index in [4.69, 9.17) is 5.11 Å². The fourth-order valence-corrected chi connectivity index (χ4v) is 3.19. The first-order valence-corrected chi connectivity index (χ1v) is 9.49. The van der Waals surface area contributed by atoms with Gasteiger partial charge in [0, 0.05) is 12.6 Å². The second-order valence-corrected chi connectivity index (χ2v) is 8.02. The van der Waals surface area contributed by atoms with E-state index in [1.807, 2.05) is 25.2 Å². The van der Waals surface area contributed by atoms with Gasteiger partial charge in [-0.05, 0) is 63.5 Å². The molecule has 0 aromatic carbocycles. The quantitative estimate of drug-likeness (QED) is 0.497. The summed E-state index contributed by atoms with van der Waals surface area (Å²) in [5.41, 5.74) is 5.27. The summed E-state index contributed by atoms with van der Waals surface area (Å²) in [6.45, 7) is 12.8. The number of amides is 1.